The van der Waals surface area contributed by atoms with E-state index in [4.69, 9.17) is 39.5 Å². The molecule has 0 aromatic heterocycles. The highest BCUT2D eigenvalue weighted by Gasteiger charge is 2.18. The SMILES string of the molecule is COC(=O)c1cc(NC(=O)[C@@H](C)Oc2ccc(Cl)cc2Cl)ccc1Cl. The molecule has 0 heterocycles. The maximum Gasteiger partial charge on any atom is 0.339 e. The molecule has 0 aliphatic heterocycles. The first-order valence-electron chi connectivity index (χ1n) is 7.12. The number of halogens is 3. The number of esters is 1. The Morgan fingerprint density at radius 2 is 1.76 bits per heavy atom. The first-order chi connectivity index (χ1) is 11.8. The van der Waals surface area contributed by atoms with Crippen LogP contribution in [0.2, 0.25) is 15.1 Å². The third-order valence-electron chi connectivity index (χ3n) is 3.21. The van der Waals surface area contributed by atoms with Gasteiger partial charge in [0, 0.05) is 10.7 Å². The van der Waals surface area contributed by atoms with Crippen LogP contribution in [0, 0.1) is 0 Å². The minimum Gasteiger partial charge on any atom is -0.479 e. The van der Waals surface area contributed by atoms with E-state index in [9.17, 15) is 9.59 Å². The zero-order chi connectivity index (χ0) is 18.6. The summed E-state index contributed by atoms with van der Waals surface area (Å²) in [6.07, 6.45) is -0.837. The van der Waals surface area contributed by atoms with Crippen LogP contribution in [-0.2, 0) is 9.53 Å². The number of ether oxygens (including phenoxy) is 2. The molecule has 0 aliphatic carbocycles. The van der Waals surface area contributed by atoms with Crippen molar-refractivity contribution in [3.8, 4) is 5.75 Å². The average molecular weight is 403 g/mol. The van der Waals surface area contributed by atoms with Gasteiger partial charge in [0.15, 0.2) is 6.10 Å². The van der Waals surface area contributed by atoms with Crippen LogP contribution < -0.4 is 10.1 Å². The van der Waals surface area contributed by atoms with Crippen LogP contribution in [0.25, 0.3) is 0 Å². The first kappa shape index (κ1) is 19.4. The normalized spacial score (nSPS) is 11.6. The topological polar surface area (TPSA) is 64.6 Å². The van der Waals surface area contributed by atoms with E-state index in [1.54, 1.807) is 25.1 Å². The number of carbonyl (C=O) groups is 2. The van der Waals surface area contributed by atoms with E-state index in [-0.39, 0.29) is 10.6 Å². The molecule has 8 heteroatoms. The number of benzene rings is 2. The van der Waals surface area contributed by atoms with Gasteiger partial charge in [-0.25, -0.2) is 4.79 Å². The summed E-state index contributed by atoms with van der Waals surface area (Å²) in [6.45, 7) is 1.57. The molecule has 5 nitrogen and oxygen atoms in total. The maximum atomic E-state index is 12.3. The number of rotatable bonds is 5. The predicted octanol–water partition coefficient (Wildman–Crippen LogP) is 4.84. The van der Waals surface area contributed by atoms with Crippen molar-refractivity contribution >= 4 is 52.4 Å². The number of methoxy groups -OCH3 is 1. The molecule has 25 heavy (non-hydrogen) atoms. The zero-order valence-electron chi connectivity index (χ0n) is 13.3. The van der Waals surface area contributed by atoms with Crippen molar-refractivity contribution in [1.29, 1.82) is 0 Å². The number of carbonyl (C=O) groups excluding carboxylic acids is 2. The van der Waals surface area contributed by atoms with Gasteiger partial charge in [-0.05, 0) is 43.3 Å². The molecule has 0 aliphatic rings. The number of hydrogen-bond donors (Lipinski definition) is 1. The lowest BCUT2D eigenvalue weighted by atomic mass is 10.2. The van der Waals surface area contributed by atoms with Crippen molar-refractivity contribution in [3.63, 3.8) is 0 Å². The van der Waals surface area contributed by atoms with Gasteiger partial charge in [-0.15, -0.1) is 0 Å². The maximum absolute atomic E-state index is 12.3. The summed E-state index contributed by atoms with van der Waals surface area (Å²) in [5.41, 5.74) is 0.531. The summed E-state index contributed by atoms with van der Waals surface area (Å²) in [5.74, 6) is -0.692. The van der Waals surface area contributed by atoms with E-state index in [0.29, 0.717) is 21.5 Å². The minimum absolute atomic E-state index is 0.149. The Balaban J connectivity index is 2.09. The summed E-state index contributed by atoms with van der Waals surface area (Å²) in [5, 5.41) is 3.63. The highest BCUT2D eigenvalue weighted by molar-refractivity contribution is 6.35. The van der Waals surface area contributed by atoms with Crippen molar-refractivity contribution in [2.24, 2.45) is 0 Å². The Labute approximate surface area is 159 Å². The first-order valence-corrected chi connectivity index (χ1v) is 8.25. The number of hydrogen-bond acceptors (Lipinski definition) is 4. The molecule has 1 atom stereocenters. The Bertz CT molecular complexity index is 810. The minimum atomic E-state index is -0.837. The van der Waals surface area contributed by atoms with Gasteiger partial charge >= 0.3 is 5.97 Å². The lowest BCUT2D eigenvalue weighted by Gasteiger charge is -2.16. The van der Waals surface area contributed by atoms with Gasteiger partial charge in [-0.3, -0.25) is 4.79 Å². The highest BCUT2D eigenvalue weighted by atomic mass is 35.5. The molecule has 0 radical (unpaired) electrons. The van der Waals surface area contributed by atoms with Gasteiger partial charge < -0.3 is 14.8 Å². The fraction of sp³-hybridized carbons (Fsp3) is 0.176. The fourth-order valence-electron chi connectivity index (χ4n) is 1.93. The van der Waals surface area contributed by atoms with Gasteiger partial charge in [0.25, 0.3) is 5.91 Å². The third-order valence-corrected chi connectivity index (χ3v) is 4.07. The highest BCUT2D eigenvalue weighted by Crippen LogP contribution is 2.28. The summed E-state index contributed by atoms with van der Waals surface area (Å²) in [4.78, 5) is 23.9. The molecule has 0 spiro atoms. The Hall–Kier alpha value is -1.95. The van der Waals surface area contributed by atoms with Crippen LogP contribution in [0.4, 0.5) is 5.69 Å². The van der Waals surface area contributed by atoms with Crippen LogP contribution >= 0.6 is 34.8 Å². The smallest absolute Gasteiger partial charge is 0.339 e. The lowest BCUT2D eigenvalue weighted by molar-refractivity contribution is -0.122. The molecule has 2 aromatic rings. The second kappa shape index (κ2) is 8.43. The van der Waals surface area contributed by atoms with Crippen molar-refractivity contribution in [1.82, 2.24) is 0 Å². The standard InChI is InChI=1S/C17H14Cl3NO4/c1-9(25-15-6-3-10(18)7-14(15)20)16(22)21-11-4-5-13(19)12(8-11)17(23)24-2/h3-9H,1-2H3,(H,21,22)/t9-/m1/s1. The van der Waals surface area contributed by atoms with Crippen molar-refractivity contribution in [2.75, 3.05) is 12.4 Å². The summed E-state index contributed by atoms with van der Waals surface area (Å²) in [7, 11) is 1.25. The van der Waals surface area contributed by atoms with Gasteiger partial charge in [0.05, 0.1) is 22.7 Å². The summed E-state index contributed by atoms with van der Waals surface area (Å²) < 4.78 is 10.2. The van der Waals surface area contributed by atoms with Gasteiger partial charge in [-0.2, -0.15) is 0 Å². The van der Waals surface area contributed by atoms with Gasteiger partial charge in [0.2, 0.25) is 0 Å². The molecule has 0 saturated carbocycles. The Morgan fingerprint density at radius 3 is 2.40 bits per heavy atom. The molecular formula is C17H14Cl3NO4. The number of nitrogens with one attached hydrogen (secondary N) is 1. The van der Waals surface area contributed by atoms with E-state index in [2.05, 4.69) is 10.1 Å². The van der Waals surface area contributed by atoms with Crippen LogP contribution in [0.1, 0.15) is 17.3 Å². The Morgan fingerprint density at radius 1 is 1.04 bits per heavy atom. The molecule has 2 rings (SSSR count). The quantitative estimate of drug-likeness (QED) is 0.727. The van der Waals surface area contributed by atoms with Crippen LogP contribution in [0.3, 0.4) is 0 Å². The van der Waals surface area contributed by atoms with Crippen LogP contribution in [0.5, 0.6) is 5.75 Å². The van der Waals surface area contributed by atoms with Crippen LogP contribution in [-0.4, -0.2) is 25.1 Å². The number of anilines is 1. The van der Waals surface area contributed by atoms with Crippen LogP contribution in [0.15, 0.2) is 36.4 Å². The molecule has 0 saturated heterocycles. The Kier molecular flexibility index (Phi) is 6.53. The summed E-state index contributed by atoms with van der Waals surface area (Å²) in [6, 6.07) is 9.18. The molecule has 0 bridgehead atoms. The molecule has 0 unspecified atom stereocenters. The van der Waals surface area contributed by atoms with E-state index < -0.39 is 18.0 Å². The number of amides is 1. The summed E-state index contributed by atoms with van der Waals surface area (Å²) >= 11 is 17.8. The molecule has 2 aromatic carbocycles. The lowest BCUT2D eigenvalue weighted by Crippen LogP contribution is -2.30. The fourth-order valence-corrected chi connectivity index (χ4v) is 2.58. The molecule has 132 valence electrons. The molecular weight excluding hydrogens is 389 g/mol. The van der Waals surface area contributed by atoms with Gasteiger partial charge in [0.1, 0.15) is 5.75 Å². The molecule has 0 fully saturated rings. The van der Waals surface area contributed by atoms with Crippen molar-refractivity contribution < 1.29 is 19.1 Å². The van der Waals surface area contributed by atoms with E-state index in [1.807, 2.05) is 0 Å². The predicted molar refractivity (Wildman–Crippen MR) is 98.0 cm³/mol. The van der Waals surface area contributed by atoms with E-state index in [0.717, 1.165) is 0 Å². The second-order valence-corrected chi connectivity index (χ2v) is 6.26. The molecule has 1 amide bonds. The van der Waals surface area contributed by atoms with Crippen molar-refractivity contribution in [2.45, 2.75) is 13.0 Å². The molecule has 1 N–H and O–H groups in total. The zero-order valence-corrected chi connectivity index (χ0v) is 15.6. The third kappa shape index (κ3) is 5.01. The monoisotopic (exact) mass is 401 g/mol. The van der Waals surface area contributed by atoms with E-state index >= 15 is 0 Å². The average Bonchev–Trinajstić information content (AvgIpc) is 2.58. The largest absolute Gasteiger partial charge is 0.479 e. The van der Waals surface area contributed by atoms with Gasteiger partial charge in [-0.1, -0.05) is 34.8 Å². The van der Waals surface area contributed by atoms with Crippen molar-refractivity contribution in [3.05, 3.63) is 57.0 Å². The van der Waals surface area contributed by atoms with E-state index in [1.165, 1.54) is 25.3 Å². The second-order valence-electron chi connectivity index (χ2n) is 5.01.